The van der Waals surface area contributed by atoms with Gasteiger partial charge in [-0.2, -0.15) is 0 Å². The highest BCUT2D eigenvalue weighted by Crippen LogP contribution is 2.26. The predicted octanol–water partition coefficient (Wildman–Crippen LogP) is 12.1. The minimum absolute atomic E-state index is 0.123. The number of nitrogens with one attached hydrogen (secondary N) is 1. The molecule has 1 rings (SSSR count). The molecule has 0 aliphatic carbocycles. The number of esters is 1. The fourth-order valence-electron chi connectivity index (χ4n) is 8.55. The largest absolute Gasteiger partial charge is 0.454 e. The van der Waals surface area contributed by atoms with Gasteiger partial charge in [0.1, 0.15) is 24.4 Å². The Morgan fingerprint density at radius 2 is 1.06 bits per heavy atom. The zero-order valence-corrected chi connectivity index (χ0v) is 43.5. The normalized spacial score (nSPS) is 20.3. The van der Waals surface area contributed by atoms with E-state index in [-0.39, 0.29) is 19.4 Å². The molecule has 0 spiro atoms. The van der Waals surface area contributed by atoms with Gasteiger partial charge >= 0.3 is 5.97 Å². The predicted molar refractivity (Wildman–Crippen MR) is 278 cm³/mol. The molecule has 11 heteroatoms. The Hall–Kier alpha value is -2.38. The van der Waals surface area contributed by atoms with Crippen LogP contribution >= 0.6 is 0 Å². The summed E-state index contributed by atoms with van der Waals surface area (Å²) < 4.78 is 17.5. The van der Waals surface area contributed by atoms with Gasteiger partial charge in [0.05, 0.1) is 25.4 Å². The number of unbranched alkanes of at least 4 members (excludes halogenated alkanes) is 26. The second-order valence-electron chi connectivity index (χ2n) is 19.3. The second-order valence-corrected chi connectivity index (χ2v) is 19.3. The number of hydrogen-bond donors (Lipinski definition) is 6. The molecule has 8 atom stereocenters. The van der Waals surface area contributed by atoms with Gasteiger partial charge in [0, 0.05) is 6.42 Å². The first-order valence-corrected chi connectivity index (χ1v) is 27.9. The van der Waals surface area contributed by atoms with Crippen molar-refractivity contribution < 1.29 is 49.3 Å². The van der Waals surface area contributed by atoms with E-state index >= 15 is 0 Å². The van der Waals surface area contributed by atoms with Crippen LogP contribution < -0.4 is 5.32 Å². The first-order valence-electron chi connectivity index (χ1n) is 27.9. The molecule has 1 fully saturated rings. The SMILES string of the molecule is CC/C=C/C/C=C/C/C=C/CCCCCC(O)C(=O)NC(COC1OC(CO)C(O)C(O)C1OC(=O)CCCCCCCCCCCCCCCC)C(O)/C=C/CCCCCCCCCCCC. The third kappa shape index (κ3) is 34.0. The molecule has 1 heterocycles. The summed E-state index contributed by atoms with van der Waals surface area (Å²) in [6.45, 7) is 5.64. The minimum atomic E-state index is -1.61. The number of aliphatic hydroxyl groups excluding tert-OH is 5. The highest BCUT2D eigenvalue weighted by atomic mass is 16.7. The number of carbonyl (C=O) groups excluding carboxylic acids is 2. The number of aliphatic hydroxyl groups is 5. The highest BCUT2D eigenvalue weighted by Gasteiger charge is 2.47. The lowest BCUT2D eigenvalue weighted by atomic mass is 9.99. The van der Waals surface area contributed by atoms with Crippen molar-refractivity contribution in [2.75, 3.05) is 13.2 Å². The second kappa shape index (κ2) is 45.7. The van der Waals surface area contributed by atoms with E-state index in [0.29, 0.717) is 12.8 Å². The fourth-order valence-corrected chi connectivity index (χ4v) is 8.55. The minimum Gasteiger partial charge on any atom is -0.454 e. The Bertz CT molecular complexity index is 1290. The first kappa shape index (κ1) is 63.6. The van der Waals surface area contributed by atoms with Crippen molar-refractivity contribution in [2.45, 2.75) is 288 Å². The average molecular weight is 962 g/mol. The van der Waals surface area contributed by atoms with E-state index in [1.54, 1.807) is 6.08 Å². The molecule has 6 N–H and O–H groups in total. The van der Waals surface area contributed by atoms with E-state index in [4.69, 9.17) is 14.2 Å². The van der Waals surface area contributed by atoms with E-state index in [1.165, 1.54) is 116 Å². The molecule has 0 aromatic rings. The molecule has 0 saturated carbocycles. The molecule has 0 bridgehead atoms. The topological polar surface area (TPSA) is 175 Å². The summed E-state index contributed by atoms with van der Waals surface area (Å²) in [4.78, 5) is 26.4. The maximum absolute atomic E-state index is 13.3. The van der Waals surface area contributed by atoms with Crippen LogP contribution in [-0.2, 0) is 23.8 Å². The molecule has 68 heavy (non-hydrogen) atoms. The molecule has 396 valence electrons. The lowest BCUT2D eigenvalue weighted by Gasteiger charge is -2.41. The zero-order chi connectivity index (χ0) is 49.7. The van der Waals surface area contributed by atoms with Gasteiger partial charge < -0.3 is 45.1 Å². The molecule has 1 aliphatic rings. The standard InChI is InChI=1S/C57H103NO10/c1-4-7-10-13-16-19-22-25-27-30-33-36-39-42-45-52(62)68-55-54(64)53(63)51(46-59)67-57(55)66-47-48(49(60)43-40-37-34-31-28-24-21-18-15-12-9-6-3)58-56(65)50(61)44-41-38-35-32-29-26-23-20-17-14-11-8-5-2/h8,11,17,20,26,29,40,43,48-51,53-55,57,59-61,63-64H,4-7,9-10,12-16,18-19,21-25,27-28,30-39,41-42,44-47H2,1-3H3,(H,58,65)/b11-8+,20-17+,29-26+,43-40+. The van der Waals surface area contributed by atoms with Crippen molar-refractivity contribution in [3.8, 4) is 0 Å². The summed E-state index contributed by atoms with van der Waals surface area (Å²) in [5, 5.41) is 56.7. The molecule has 1 aliphatic heterocycles. The molecule has 8 unspecified atom stereocenters. The first-order chi connectivity index (χ1) is 33.2. The van der Waals surface area contributed by atoms with Crippen molar-refractivity contribution in [1.29, 1.82) is 0 Å². The van der Waals surface area contributed by atoms with Crippen LogP contribution in [0.4, 0.5) is 0 Å². The van der Waals surface area contributed by atoms with Crippen molar-refractivity contribution >= 4 is 11.9 Å². The Morgan fingerprint density at radius 1 is 0.588 bits per heavy atom. The van der Waals surface area contributed by atoms with Crippen molar-refractivity contribution in [1.82, 2.24) is 5.32 Å². The maximum atomic E-state index is 13.3. The molecular formula is C57H103NO10. The van der Waals surface area contributed by atoms with Crippen LogP contribution in [0.15, 0.2) is 48.6 Å². The highest BCUT2D eigenvalue weighted by molar-refractivity contribution is 5.80. The fraction of sp³-hybridized carbons (Fsp3) is 0.825. The van der Waals surface area contributed by atoms with Gasteiger partial charge in [-0.1, -0.05) is 223 Å². The zero-order valence-electron chi connectivity index (χ0n) is 43.5. The van der Waals surface area contributed by atoms with Crippen LogP contribution in [-0.4, -0.2) is 99.6 Å². The smallest absolute Gasteiger partial charge is 0.306 e. The number of allylic oxidation sites excluding steroid dienone is 7. The Morgan fingerprint density at radius 3 is 1.59 bits per heavy atom. The quantitative estimate of drug-likeness (QED) is 0.0196. The average Bonchev–Trinajstić information content (AvgIpc) is 3.33. The van der Waals surface area contributed by atoms with Crippen molar-refractivity contribution in [2.24, 2.45) is 0 Å². The number of hydrogen-bond acceptors (Lipinski definition) is 10. The number of amides is 1. The third-order valence-electron chi connectivity index (χ3n) is 13.0. The summed E-state index contributed by atoms with van der Waals surface area (Å²) in [5.74, 6) is -1.22. The lowest BCUT2D eigenvalue weighted by molar-refractivity contribution is -0.305. The summed E-state index contributed by atoms with van der Waals surface area (Å²) >= 11 is 0. The van der Waals surface area contributed by atoms with Gasteiger partial charge in [0.25, 0.3) is 0 Å². The van der Waals surface area contributed by atoms with E-state index in [9.17, 15) is 35.1 Å². The molecule has 11 nitrogen and oxygen atoms in total. The summed E-state index contributed by atoms with van der Waals surface area (Å²) in [6.07, 6.45) is 43.0. The molecular weight excluding hydrogens is 859 g/mol. The van der Waals surface area contributed by atoms with Crippen LogP contribution in [0.3, 0.4) is 0 Å². The van der Waals surface area contributed by atoms with E-state index in [2.05, 4.69) is 62.5 Å². The summed E-state index contributed by atoms with van der Waals surface area (Å²) in [5.41, 5.74) is 0. The molecule has 0 aromatic carbocycles. The number of carbonyl (C=O) groups is 2. The van der Waals surface area contributed by atoms with E-state index < -0.39 is 67.4 Å². The molecule has 0 radical (unpaired) electrons. The molecule has 1 saturated heterocycles. The van der Waals surface area contributed by atoms with Gasteiger partial charge in [0.15, 0.2) is 12.4 Å². The Kier molecular flexibility index (Phi) is 42.8. The van der Waals surface area contributed by atoms with Gasteiger partial charge in [-0.3, -0.25) is 9.59 Å². The van der Waals surface area contributed by atoms with Crippen LogP contribution in [0.2, 0.25) is 0 Å². The lowest BCUT2D eigenvalue weighted by Crippen LogP contribution is -2.61. The molecule has 0 aromatic heterocycles. The van der Waals surface area contributed by atoms with Crippen LogP contribution in [0, 0.1) is 0 Å². The Labute approximate surface area is 415 Å². The van der Waals surface area contributed by atoms with E-state index in [1.807, 2.05) is 6.08 Å². The molecule has 1 amide bonds. The number of ether oxygens (including phenoxy) is 3. The van der Waals surface area contributed by atoms with Crippen LogP contribution in [0.25, 0.3) is 0 Å². The van der Waals surface area contributed by atoms with Gasteiger partial charge in [0.2, 0.25) is 5.91 Å². The van der Waals surface area contributed by atoms with Crippen LogP contribution in [0.5, 0.6) is 0 Å². The summed E-state index contributed by atoms with van der Waals surface area (Å²) in [7, 11) is 0. The van der Waals surface area contributed by atoms with Crippen molar-refractivity contribution in [3.05, 3.63) is 48.6 Å². The monoisotopic (exact) mass is 962 g/mol. The maximum Gasteiger partial charge on any atom is 0.306 e. The van der Waals surface area contributed by atoms with Gasteiger partial charge in [-0.25, -0.2) is 0 Å². The number of rotatable bonds is 46. The van der Waals surface area contributed by atoms with Crippen LogP contribution in [0.1, 0.15) is 239 Å². The van der Waals surface area contributed by atoms with Crippen molar-refractivity contribution in [3.63, 3.8) is 0 Å². The van der Waals surface area contributed by atoms with E-state index in [0.717, 1.165) is 77.0 Å². The summed E-state index contributed by atoms with van der Waals surface area (Å²) in [6, 6.07) is -1.03. The Balaban J connectivity index is 2.76. The van der Waals surface area contributed by atoms with Gasteiger partial charge in [-0.05, 0) is 57.8 Å². The van der Waals surface area contributed by atoms with Gasteiger partial charge in [-0.15, -0.1) is 0 Å². The third-order valence-corrected chi connectivity index (χ3v) is 13.0.